The van der Waals surface area contributed by atoms with Crippen LogP contribution < -0.4 is 0 Å². The standard InChI is InChI=1S/C9H9BrO5S/c10-8-4-2-1-3-7(8)9(11)15-5-6-16(12,13)14/h1-4H,5-6H2,(H,12,13,14)/p-1. The summed E-state index contributed by atoms with van der Waals surface area (Å²) in [5.74, 6) is -1.39. The van der Waals surface area contributed by atoms with Crippen LogP contribution in [0.4, 0.5) is 0 Å². The number of benzene rings is 1. The number of rotatable bonds is 4. The molecule has 1 rings (SSSR count). The van der Waals surface area contributed by atoms with Crippen LogP contribution in [0.15, 0.2) is 28.7 Å². The first-order valence-corrected chi connectivity index (χ1v) is 6.62. The zero-order valence-electron chi connectivity index (χ0n) is 8.05. The summed E-state index contributed by atoms with van der Waals surface area (Å²) in [5.41, 5.74) is 0.283. The van der Waals surface area contributed by atoms with Crippen LogP contribution in [-0.4, -0.2) is 31.3 Å². The molecule has 5 nitrogen and oxygen atoms in total. The van der Waals surface area contributed by atoms with Gasteiger partial charge in [-0.05, 0) is 28.1 Å². The van der Waals surface area contributed by atoms with Gasteiger partial charge in [0.05, 0.1) is 21.4 Å². The minimum Gasteiger partial charge on any atom is -0.748 e. The number of hydrogen-bond acceptors (Lipinski definition) is 5. The van der Waals surface area contributed by atoms with Gasteiger partial charge in [-0.1, -0.05) is 12.1 Å². The molecule has 0 fully saturated rings. The number of carbonyl (C=O) groups is 1. The van der Waals surface area contributed by atoms with Gasteiger partial charge in [0.15, 0.2) is 0 Å². The third-order valence-corrected chi connectivity index (χ3v) is 3.02. The van der Waals surface area contributed by atoms with Crippen LogP contribution >= 0.6 is 15.9 Å². The molecule has 0 aromatic heterocycles. The Labute approximate surface area is 101 Å². The lowest BCUT2D eigenvalue weighted by atomic mass is 10.2. The highest BCUT2D eigenvalue weighted by Crippen LogP contribution is 2.16. The Bertz CT molecular complexity index is 482. The average molecular weight is 308 g/mol. The van der Waals surface area contributed by atoms with Gasteiger partial charge in [-0.3, -0.25) is 0 Å². The summed E-state index contributed by atoms with van der Waals surface area (Å²) in [5, 5.41) is 0. The second-order valence-corrected chi connectivity index (χ2v) is 5.26. The quantitative estimate of drug-likeness (QED) is 0.615. The maximum atomic E-state index is 11.4. The third kappa shape index (κ3) is 4.30. The summed E-state index contributed by atoms with van der Waals surface area (Å²) in [6.45, 7) is -0.438. The van der Waals surface area contributed by atoms with E-state index in [4.69, 9.17) is 0 Å². The number of halogens is 1. The Morgan fingerprint density at radius 3 is 2.56 bits per heavy atom. The van der Waals surface area contributed by atoms with Gasteiger partial charge in [0.2, 0.25) is 0 Å². The van der Waals surface area contributed by atoms with Gasteiger partial charge in [0.25, 0.3) is 0 Å². The smallest absolute Gasteiger partial charge is 0.339 e. The molecule has 0 bridgehead atoms. The molecule has 0 unspecified atom stereocenters. The van der Waals surface area contributed by atoms with Crippen LogP contribution in [0.5, 0.6) is 0 Å². The first-order valence-electron chi connectivity index (χ1n) is 4.25. The fraction of sp³-hybridized carbons (Fsp3) is 0.222. The van der Waals surface area contributed by atoms with E-state index in [0.29, 0.717) is 4.47 Å². The van der Waals surface area contributed by atoms with Crippen molar-refractivity contribution in [2.24, 2.45) is 0 Å². The summed E-state index contributed by atoms with van der Waals surface area (Å²) in [6.07, 6.45) is 0. The second kappa shape index (κ2) is 5.42. The van der Waals surface area contributed by atoms with E-state index in [9.17, 15) is 17.8 Å². The first-order chi connectivity index (χ1) is 7.40. The molecule has 0 amide bonds. The predicted molar refractivity (Wildman–Crippen MR) is 59.0 cm³/mol. The summed E-state index contributed by atoms with van der Waals surface area (Å²) in [6, 6.07) is 6.55. The van der Waals surface area contributed by atoms with Crippen molar-refractivity contribution in [2.75, 3.05) is 12.4 Å². The molecule has 0 heterocycles. The molecule has 0 radical (unpaired) electrons. The maximum Gasteiger partial charge on any atom is 0.339 e. The lowest BCUT2D eigenvalue weighted by Crippen LogP contribution is -2.15. The van der Waals surface area contributed by atoms with Crippen molar-refractivity contribution in [3.8, 4) is 0 Å². The van der Waals surface area contributed by atoms with Crippen LogP contribution in [0.2, 0.25) is 0 Å². The fourth-order valence-electron chi connectivity index (χ4n) is 0.941. The molecule has 0 saturated heterocycles. The highest BCUT2D eigenvalue weighted by Gasteiger charge is 2.10. The summed E-state index contributed by atoms with van der Waals surface area (Å²) < 4.78 is 36.0. The van der Waals surface area contributed by atoms with Crippen LogP contribution in [0.1, 0.15) is 10.4 Å². The molecule has 1 aromatic rings. The van der Waals surface area contributed by atoms with Crippen LogP contribution in [0, 0.1) is 0 Å². The Morgan fingerprint density at radius 2 is 2.00 bits per heavy atom. The molecule has 16 heavy (non-hydrogen) atoms. The van der Waals surface area contributed by atoms with E-state index in [0.717, 1.165) is 0 Å². The van der Waals surface area contributed by atoms with Gasteiger partial charge in [0.1, 0.15) is 6.61 Å². The largest absolute Gasteiger partial charge is 0.748 e. The zero-order valence-corrected chi connectivity index (χ0v) is 10.5. The normalized spacial score (nSPS) is 11.1. The SMILES string of the molecule is O=C(OCCS(=O)(=O)[O-])c1ccccc1Br. The van der Waals surface area contributed by atoms with E-state index in [2.05, 4.69) is 20.7 Å². The van der Waals surface area contributed by atoms with Crippen molar-refractivity contribution >= 4 is 32.0 Å². The molecule has 0 spiro atoms. The molecule has 0 N–H and O–H groups in total. The minimum absolute atomic E-state index is 0.283. The van der Waals surface area contributed by atoms with Gasteiger partial charge in [-0.15, -0.1) is 0 Å². The van der Waals surface area contributed by atoms with E-state index in [-0.39, 0.29) is 5.56 Å². The van der Waals surface area contributed by atoms with Crippen LogP contribution in [0.25, 0.3) is 0 Å². The monoisotopic (exact) mass is 307 g/mol. The minimum atomic E-state index is -4.35. The van der Waals surface area contributed by atoms with Gasteiger partial charge >= 0.3 is 5.97 Å². The van der Waals surface area contributed by atoms with Crippen molar-refractivity contribution in [1.29, 1.82) is 0 Å². The molecule has 0 saturated carbocycles. The van der Waals surface area contributed by atoms with Crippen molar-refractivity contribution in [3.63, 3.8) is 0 Å². The first kappa shape index (κ1) is 13.1. The molecule has 88 valence electrons. The lowest BCUT2D eigenvalue weighted by Gasteiger charge is -2.08. The molecule has 1 aromatic carbocycles. The van der Waals surface area contributed by atoms with E-state index >= 15 is 0 Å². The average Bonchev–Trinajstić information content (AvgIpc) is 2.16. The Morgan fingerprint density at radius 1 is 1.38 bits per heavy atom. The van der Waals surface area contributed by atoms with Crippen molar-refractivity contribution in [3.05, 3.63) is 34.3 Å². The fourth-order valence-corrected chi connectivity index (χ4v) is 1.68. The zero-order chi connectivity index (χ0) is 12.2. The number of carbonyl (C=O) groups excluding carboxylic acids is 1. The molecule has 0 aliphatic rings. The Kier molecular flexibility index (Phi) is 4.45. The Balaban J connectivity index is 2.57. The number of ether oxygens (including phenoxy) is 1. The summed E-state index contributed by atoms with van der Waals surface area (Å²) >= 11 is 3.15. The van der Waals surface area contributed by atoms with E-state index in [1.807, 2.05) is 0 Å². The van der Waals surface area contributed by atoms with Gasteiger partial charge in [0, 0.05) is 4.47 Å². The topological polar surface area (TPSA) is 83.5 Å². The van der Waals surface area contributed by atoms with Crippen LogP contribution in [0.3, 0.4) is 0 Å². The van der Waals surface area contributed by atoms with Crippen molar-refractivity contribution < 1.29 is 22.5 Å². The van der Waals surface area contributed by atoms with Crippen molar-refractivity contribution in [2.45, 2.75) is 0 Å². The molecule has 0 aliphatic heterocycles. The Hall–Kier alpha value is -0.920. The molecule has 0 atom stereocenters. The molecule has 0 aliphatic carbocycles. The van der Waals surface area contributed by atoms with Crippen molar-refractivity contribution in [1.82, 2.24) is 0 Å². The highest BCUT2D eigenvalue weighted by molar-refractivity contribution is 9.10. The molecular weight excluding hydrogens is 300 g/mol. The molecule has 7 heteroatoms. The summed E-state index contributed by atoms with van der Waals surface area (Å²) in [7, 11) is -4.35. The number of esters is 1. The number of hydrogen-bond donors (Lipinski definition) is 0. The van der Waals surface area contributed by atoms with E-state index in [1.165, 1.54) is 6.07 Å². The van der Waals surface area contributed by atoms with E-state index in [1.54, 1.807) is 18.2 Å². The maximum absolute atomic E-state index is 11.4. The van der Waals surface area contributed by atoms with Gasteiger partial charge < -0.3 is 9.29 Å². The second-order valence-electron chi connectivity index (χ2n) is 2.88. The third-order valence-electron chi connectivity index (χ3n) is 1.66. The lowest BCUT2D eigenvalue weighted by molar-refractivity contribution is 0.0527. The summed E-state index contributed by atoms with van der Waals surface area (Å²) in [4.78, 5) is 11.4. The van der Waals surface area contributed by atoms with Gasteiger partial charge in [-0.25, -0.2) is 13.2 Å². The molecular formula is C9H8BrO5S-. The van der Waals surface area contributed by atoms with E-state index < -0.39 is 28.4 Å². The highest BCUT2D eigenvalue weighted by atomic mass is 79.9. The van der Waals surface area contributed by atoms with Gasteiger partial charge in [-0.2, -0.15) is 0 Å². The van der Waals surface area contributed by atoms with Crippen LogP contribution in [-0.2, 0) is 14.9 Å². The predicted octanol–water partition coefficient (Wildman–Crippen LogP) is 1.15.